The van der Waals surface area contributed by atoms with Crippen molar-refractivity contribution >= 4 is 16.7 Å². The van der Waals surface area contributed by atoms with Gasteiger partial charge in [0, 0.05) is 12.1 Å². The molecule has 0 N–H and O–H groups in total. The maximum atomic E-state index is 13.2. The van der Waals surface area contributed by atoms with Gasteiger partial charge in [0.1, 0.15) is 13.2 Å². The molecule has 5 rings (SSSR count). The molecule has 2 aliphatic rings. The molecule has 1 fully saturated rings. The smallest absolute Gasteiger partial charge is 0.254 e. The number of carbonyl (C=O) groups is 1. The van der Waals surface area contributed by atoms with Crippen LogP contribution in [0.1, 0.15) is 34.8 Å². The normalized spacial score (nSPS) is 18.7. The Balaban J connectivity index is 1.45. The molecule has 2 aliphatic heterocycles. The Morgan fingerprint density at radius 1 is 0.889 bits per heavy atom. The third-order valence-corrected chi connectivity index (χ3v) is 5.46. The molecule has 0 saturated carbocycles. The van der Waals surface area contributed by atoms with Gasteiger partial charge in [-0.3, -0.25) is 4.79 Å². The molecule has 0 spiro atoms. The van der Waals surface area contributed by atoms with E-state index in [0.717, 1.165) is 52.8 Å². The fraction of sp³-hybridized carbons (Fsp3) is 0.261. The van der Waals surface area contributed by atoms with Crippen molar-refractivity contribution in [2.45, 2.75) is 18.9 Å². The fourth-order valence-corrected chi connectivity index (χ4v) is 4.11. The van der Waals surface area contributed by atoms with E-state index in [-0.39, 0.29) is 11.9 Å². The van der Waals surface area contributed by atoms with Gasteiger partial charge in [-0.15, -0.1) is 0 Å². The Hall–Kier alpha value is -3.01. The highest BCUT2D eigenvalue weighted by Gasteiger charge is 2.31. The van der Waals surface area contributed by atoms with Crippen molar-refractivity contribution in [3.05, 3.63) is 71.8 Å². The number of likely N-dealkylation sites (tertiary alicyclic amines) is 1. The SMILES string of the molecule is O=C(c1ccc2ccccc2c1)N1CCC[C@@H]1c1ccc2c(c1)OCCO2. The van der Waals surface area contributed by atoms with Gasteiger partial charge in [-0.2, -0.15) is 0 Å². The van der Waals surface area contributed by atoms with E-state index < -0.39 is 0 Å². The Morgan fingerprint density at radius 2 is 1.70 bits per heavy atom. The standard InChI is InChI=1S/C23H21NO3/c25-23(19-8-7-16-4-1-2-5-17(16)14-19)24-11-3-6-20(24)18-9-10-21-22(15-18)27-13-12-26-21/h1-2,4-5,7-10,14-15,20H,3,6,11-13H2/t20-/m1/s1. The number of fused-ring (bicyclic) bond motifs is 2. The fourth-order valence-electron chi connectivity index (χ4n) is 4.11. The minimum Gasteiger partial charge on any atom is -0.486 e. The van der Waals surface area contributed by atoms with Gasteiger partial charge in [0.2, 0.25) is 0 Å². The summed E-state index contributed by atoms with van der Waals surface area (Å²) in [5.41, 5.74) is 1.86. The average Bonchev–Trinajstić information content (AvgIpc) is 3.22. The topological polar surface area (TPSA) is 38.8 Å². The van der Waals surface area contributed by atoms with Crippen molar-refractivity contribution in [1.82, 2.24) is 4.90 Å². The number of ether oxygens (including phenoxy) is 2. The molecule has 3 aromatic carbocycles. The highest BCUT2D eigenvalue weighted by atomic mass is 16.6. The number of hydrogen-bond donors (Lipinski definition) is 0. The highest BCUT2D eigenvalue weighted by molar-refractivity contribution is 5.99. The van der Waals surface area contributed by atoms with Crippen LogP contribution in [0.2, 0.25) is 0 Å². The quantitative estimate of drug-likeness (QED) is 0.672. The summed E-state index contributed by atoms with van der Waals surface area (Å²) in [5, 5.41) is 2.25. The number of benzene rings is 3. The van der Waals surface area contributed by atoms with Crippen LogP contribution in [-0.4, -0.2) is 30.6 Å². The van der Waals surface area contributed by atoms with Crippen molar-refractivity contribution in [3.8, 4) is 11.5 Å². The van der Waals surface area contributed by atoms with Crippen LogP contribution >= 0.6 is 0 Å². The summed E-state index contributed by atoms with van der Waals surface area (Å²) in [7, 11) is 0. The Bertz CT molecular complexity index is 1010. The lowest BCUT2D eigenvalue weighted by molar-refractivity contribution is 0.0735. The molecule has 0 unspecified atom stereocenters. The molecule has 3 aromatic rings. The zero-order valence-electron chi connectivity index (χ0n) is 15.1. The van der Waals surface area contributed by atoms with Crippen molar-refractivity contribution in [2.75, 3.05) is 19.8 Å². The molecule has 4 nitrogen and oxygen atoms in total. The second kappa shape index (κ2) is 6.62. The van der Waals surface area contributed by atoms with E-state index in [0.29, 0.717) is 13.2 Å². The van der Waals surface area contributed by atoms with Crippen LogP contribution in [0.3, 0.4) is 0 Å². The summed E-state index contributed by atoms with van der Waals surface area (Å²) >= 11 is 0. The lowest BCUT2D eigenvalue weighted by Gasteiger charge is -2.27. The van der Waals surface area contributed by atoms with Gasteiger partial charge in [0.05, 0.1) is 6.04 Å². The van der Waals surface area contributed by atoms with Crippen LogP contribution in [0.4, 0.5) is 0 Å². The van der Waals surface area contributed by atoms with E-state index in [4.69, 9.17) is 9.47 Å². The summed E-state index contributed by atoms with van der Waals surface area (Å²) < 4.78 is 11.3. The first kappa shape index (κ1) is 16.2. The molecule has 0 bridgehead atoms. The predicted octanol–water partition coefficient (Wildman–Crippen LogP) is 4.59. The van der Waals surface area contributed by atoms with Gasteiger partial charge in [-0.1, -0.05) is 36.4 Å². The maximum absolute atomic E-state index is 13.2. The summed E-state index contributed by atoms with van der Waals surface area (Å²) in [5.74, 6) is 1.66. The first-order chi connectivity index (χ1) is 13.3. The largest absolute Gasteiger partial charge is 0.486 e. The molecular weight excluding hydrogens is 338 g/mol. The first-order valence-corrected chi connectivity index (χ1v) is 9.49. The van der Waals surface area contributed by atoms with Crippen LogP contribution in [0.5, 0.6) is 11.5 Å². The molecule has 136 valence electrons. The molecule has 0 radical (unpaired) electrons. The number of carbonyl (C=O) groups excluding carboxylic acids is 1. The van der Waals surface area contributed by atoms with Crippen molar-refractivity contribution < 1.29 is 14.3 Å². The van der Waals surface area contributed by atoms with Crippen LogP contribution in [0.15, 0.2) is 60.7 Å². The second-order valence-corrected chi connectivity index (χ2v) is 7.12. The number of hydrogen-bond acceptors (Lipinski definition) is 3. The summed E-state index contributed by atoms with van der Waals surface area (Å²) in [6.45, 7) is 1.94. The third kappa shape index (κ3) is 2.91. The van der Waals surface area contributed by atoms with Crippen molar-refractivity contribution in [2.24, 2.45) is 0 Å². The first-order valence-electron chi connectivity index (χ1n) is 9.49. The molecule has 1 saturated heterocycles. The molecular formula is C23H21NO3. The van der Waals surface area contributed by atoms with E-state index in [1.165, 1.54) is 0 Å². The van der Waals surface area contributed by atoms with E-state index >= 15 is 0 Å². The highest BCUT2D eigenvalue weighted by Crippen LogP contribution is 2.38. The predicted molar refractivity (Wildman–Crippen MR) is 104 cm³/mol. The zero-order valence-corrected chi connectivity index (χ0v) is 15.1. The number of amides is 1. The van der Waals surface area contributed by atoms with E-state index in [1.807, 2.05) is 53.4 Å². The molecule has 27 heavy (non-hydrogen) atoms. The van der Waals surface area contributed by atoms with Gasteiger partial charge >= 0.3 is 0 Å². The van der Waals surface area contributed by atoms with Crippen LogP contribution in [0.25, 0.3) is 10.8 Å². The average molecular weight is 359 g/mol. The van der Waals surface area contributed by atoms with Crippen LogP contribution in [0, 0.1) is 0 Å². The van der Waals surface area contributed by atoms with E-state index in [9.17, 15) is 4.79 Å². The maximum Gasteiger partial charge on any atom is 0.254 e. The Morgan fingerprint density at radius 3 is 2.59 bits per heavy atom. The summed E-state index contributed by atoms with van der Waals surface area (Å²) in [4.78, 5) is 15.2. The minimum absolute atomic E-state index is 0.0831. The molecule has 1 atom stereocenters. The van der Waals surface area contributed by atoms with Gasteiger partial charge in [0.15, 0.2) is 11.5 Å². The van der Waals surface area contributed by atoms with Crippen molar-refractivity contribution in [3.63, 3.8) is 0 Å². The Kier molecular flexibility index (Phi) is 3.97. The molecule has 1 amide bonds. The van der Waals surface area contributed by atoms with Gasteiger partial charge in [-0.05, 0) is 53.4 Å². The zero-order chi connectivity index (χ0) is 18.2. The number of nitrogens with zero attached hydrogens (tertiary/aromatic N) is 1. The second-order valence-electron chi connectivity index (χ2n) is 7.12. The monoisotopic (exact) mass is 359 g/mol. The molecule has 2 heterocycles. The van der Waals surface area contributed by atoms with Gasteiger partial charge in [0.25, 0.3) is 5.91 Å². The van der Waals surface area contributed by atoms with Crippen LogP contribution < -0.4 is 9.47 Å². The van der Waals surface area contributed by atoms with E-state index in [2.05, 4.69) is 12.1 Å². The Labute approximate surface area is 158 Å². The summed E-state index contributed by atoms with van der Waals surface area (Å²) in [6.07, 6.45) is 1.98. The lowest BCUT2D eigenvalue weighted by atomic mass is 10.0. The van der Waals surface area contributed by atoms with E-state index in [1.54, 1.807) is 0 Å². The number of rotatable bonds is 2. The van der Waals surface area contributed by atoms with Gasteiger partial charge < -0.3 is 14.4 Å². The molecule has 0 aromatic heterocycles. The summed E-state index contributed by atoms with van der Waals surface area (Å²) in [6, 6.07) is 20.2. The lowest BCUT2D eigenvalue weighted by Crippen LogP contribution is -2.30. The minimum atomic E-state index is 0.0831. The molecule has 4 heteroatoms. The van der Waals surface area contributed by atoms with Crippen molar-refractivity contribution in [1.29, 1.82) is 0 Å². The van der Waals surface area contributed by atoms with Crippen LogP contribution in [-0.2, 0) is 0 Å². The molecule has 0 aliphatic carbocycles. The van der Waals surface area contributed by atoms with Gasteiger partial charge in [-0.25, -0.2) is 0 Å². The third-order valence-electron chi connectivity index (χ3n) is 5.46.